The Hall–Kier alpha value is -1.42. The number of aliphatic carboxylic acids is 2. The van der Waals surface area contributed by atoms with Gasteiger partial charge in [0.1, 0.15) is 37.1 Å². The third-order valence-corrected chi connectivity index (χ3v) is 4.00. The fourth-order valence-corrected chi connectivity index (χ4v) is 2.59. The van der Waals surface area contributed by atoms with Crippen LogP contribution in [0.25, 0.3) is 0 Å². The minimum atomic E-state index is -2.58. The summed E-state index contributed by atoms with van der Waals surface area (Å²) in [6.45, 7) is -1.21. The van der Waals surface area contributed by atoms with Gasteiger partial charge in [-0.15, -0.1) is 0 Å². The van der Waals surface area contributed by atoms with E-state index in [-0.39, 0.29) is 0 Å². The molecule has 144 valence electrons. The van der Waals surface area contributed by atoms with E-state index in [1.54, 1.807) is 0 Å². The minimum Gasteiger partial charge on any atom is -0.479 e. The van der Waals surface area contributed by atoms with Gasteiger partial charge in [-0.1, -0.05) is 0 Å². The zero-order valence-corrected chi connectivity index (χ0v) is 12.4. The van der Waals surface area contributed by atoms with Crippen molar-refractivity contribution in [1.82, 2.24) is 0 Å². The Balaban J connectivity index is 2.25. The Labute approximate surface area is 139 Å². The lowest BCUT2D eigenvalue weighted by Gasteiger charge is -2.42. The molecule has 0 bridgehead atoms. The zero-order valence-electron chi connectivity index (χ0n) is 12.4. The van der Waals surface area contributed by atoms with Gasteiger partial charge in [-0.25, -0.2) is 9.59 Å². The van der Waals surface area contributed by atoms with Crippen LogP contribution in [0.15, 0.2) is 0 Å². The predicted octanol–water partition coefficient (Wildman–Crippen LogP) is -5.21. The van der Waals surface area contributed by atoms with Crippen molar-refractivity contribution < 1.29 is 64.7 Å². The van der Waals surface area contributed by atoms with Gasteiger partial charge < -0.3 is 55.1 Å². The molecular weight excluding hydrogens is 352 g/mol. The summed E-state index contributed by atoms with van der Waals surface area (Å²) in [4.78, 5) is 22.0. The van der Waals surface area contributed by atoms with E-state index in [4.69, 9.17) is 24.4 Å². The third kappa shape index (κ3) is 3.33. The summed E-state index contributed by atoms with van der Waals surface area (Å²) >= 11 is 0. The van der Waals surface area contributed by atoms with E-state index in [1.165, 1.54) is 0 Å². The van der Waals surface area contributed by atoms with Gasteiger partial charge in [0.05, 0.1) is 0 Å². The third-order valence-electron chi connectivity index (χ3n) is 4.00. The molecular formula is C12H18O13. The van der Waals surface area contributed by atoms with Crippen molar-refractivity contribution in [2.45, 2.75) is 54.8 Å². The molecule has 2 fully saturated rings. The number of rotatable bonds is 5. The molecule has 0 aliphatic carbocycles. The molecule has 3 unspecified atom stereocenters. The van der Waals surface area contributed by atoms with Crippen LogP contribution < -0.4 is 0 Å². The van der Waals surface area contributed by atoms with Crippen LogP contribution >= 0.6 is 0 Å². The first-order valence-corrected chi connectivity index (χ1v) is 7.03. The highest BCUT2D eigenvalue weighted by Crippen LogP contribution is 2.36. The van der Waals surface area contributed by atoms with Crippen molar-refractivity contribution in [2.75, 3.05) is 6.61 Å². The molecule has 2 saturated heterocycles. The maximum absolute atomic E-state index is 11.0. The van der Waals surface area contributed by atoms with Gasteiger partial charge in [-0.05, 0) is 0 Å². The molecule has 0 spiro atoms. The normalized spacial score (nSPS) is 47.6. The Morgan fingerprint density at radius 3 is 1.88 bits per heavy atom. The lowest BCUT2D eigenvalue weighted by molar-refractivity contribution is -0.378. The molecule has 0 aromatic heterocycles. The molecule has 0 aromatic carbocycles. The molecule has 0 amide bonds. The fraction of sp³-hybridized carbons (Fsp3) is 0.833. The van der Waals surface area contributed by atoms with E-state index < -0.39 is 73.4 Å². The summed E-state index contributed by atoms with van der Waals surface area (Å²) in [5.74, 6) is -5.98. The van der Waals surface area contributed by atoms with Gasteiger partial charge in [-0.3, -0.25) is 0 Å². The van der Waals surface area contributed by atoms with Crippen LogP contribution in [0.3, 0.4) is 0 Å². The Kier molecular flexibility index (Phi) is 5.62. The van der Waals surface area contributed by atoms with E-state index in [9.17, 15) is 40.2 Å². The summed E-state index contributed by atoms with van der Waals surface area (Å²) in [6, 6.07) is 0. The molecule has 9 atom stereocenters. The molecule has 0 aromatic rings. The highest BCUT2D eigenvalue weighted by Gasteiger charge is 2.60. The van der Waals surface area contributed by atoms with E-state index in [0.29, 0.717) is 0 Å². The SMILES string of the molecule is O=C(O)C1O[C@H](O[C@]2(CO)O[C@H](C(=O)O)[C@H](O)C2O)C(O)[C@@H](O)[C@@H]1O. The molecule has 13 nitrogen and oxygen atoms in total. The number of carbonyl (C=O) groups is 2. The number of hydrogen-bond donors (Lipinski definition) is 8. The van der Waals surface area contributed by atoms with E-state index >= 15 is 0 Å². The monoisotopic (exact) mass is 370 g/mol. The van der Waals surface area contributed by atoms with Crippen LogP contribution in [0.4, 0.5) is 0 Å². The number of aliphatic hydroxyl groups excluding tert-OH is 6. The van der Waals surface area contributed by atoms with Gasteiger partial charge in [0.25, 0.3) is 0 Å². The molecule has 8 N–H and O–H groups in total. The quantitative estimate of drug-likeness (QED) is 0.227. The van der Waals surface area contributed by atoms with Crippen LogP contribution in [0.5, 0.6) is 0 Å². The van der Waals surface area contributed by atoms with Crippen molar-refractivity contribution in [3.05, 3.63) is 0 Å². The van der Waals surface area contributed by atoms with Crippen LogP contribution in [-0.4, -0.2) is 114 Å². The molecule has 2 rings (SSSR count). The smallest absolute Gasteiger partial charge is 0.335 e. The van der Waals surface area contributed by atoms with Crippen molar-refractivity contribution in [1.29, 1.82) is 0 Å². The summed E-state index contributed by atoms with van der Waals surface area (Å²) in [7, 11) is 0. The van der Waals surface area contributed by atoms with Gasteiger partial charge in [0, 0.05) is 0 Å². The lowest BCUT2D eigenvalue weighted by atomic mass is 9.98. The summed E-state index contributed by atoms with van der Waals surface area (Å²) in [5.41, 5.74) is 0. The average Bonchev–Trinajstić information content (AvgIpc) is 2.80. The molecule has 13 heteroatoms. The first-order chi connectivity index (χ1) is 11.6. The molecule has 0 saturated carbocycles. The van der Waals surface area contributed by atoms with Gasteiger partial charge >= 0.3 is 11.9 Å². The number of hydrogen-bond acceptors (Lipinski definition) is 11. The second kappa shape index (κ2) is 7.06. The van der Waals surface area contributed by atoms with Crippen LogP contribution in [0, 0.1) is 0 Å². The fourth-order valence-electron chi connectivity index (χ4n) is 2.59. The number of ether oxygens (including phenoxy) is 3. The van der Waals surface area contributed by atoms with Gasteiger partial charge in [0.15, 0.2) is 18.5 Å². The maximum Gasteiger partial charge on any atom is 0.335 e. The zero-order chi connectivity index (χ0) is 19.1. The Morgan fingerprint density at radius 2 is 1.44 bits per heavy atom. The molecule has 2 heterocycles. The number of aliphatic hydroxyl groups is 6. The molecule has 2 aliphatic rings. The van der Waals surface area contributed by atoms with Crippen molar-refractivity contribution >= 4 is 11.9 Å². The van der Waals surface area contributed by atoms with Crippen molar-refractivity contribution in [3.63, 3.8) is 0 Å². The highest BCUT2D eigenvalue weighted by molar-refractivity contribution is 5.74. The number of carboxylic acids is 2. The highest BCUT2D eigenvalue weighted by atomic mass is 16.8. The molecule has 2 aliphatic heterocycles. The standard InChI is InChI=1S/C12H18O13/c13-1-12(8(18)5(17)7(24-12)10(21)22)25-11-4(16)2(14)3(15)6(23-11)9(19)20/h2-8,11,13-18H,1H2,(H,19,20)(H,21,22)/t2-,3-,4?,5-,6?,7-,8?,11+,12-/m0/s1. The number of carboxylic acid groups (broad SMARTS) is 2. The van der Waals surface area contributed by atoms with E-state index in [1.807, 2.05) is 0 Å². The van der Waals surface area contributed by atoms with Crippen molar-refractivity contribution in [3.8, 4) is 0 Å². The lowest BCUT2D eigenvalue weighted by Crippen LogP contribution is -2.63. The van der Waals surface area contributed by atoms with Crippen molar-refractivity contribution in [2.24, 2.45) is 0 Å². The first kappa shape index (κ1) is 19.9. The van der Waals surface area contributed by atoms with Crippen LogP contribution in [0.2, 0.25) is 0 Å². The predicted molar refractivity (Wildman–Crippen MR) is 69.7 cm³/mol. The van der Waals surface area contributed by atoms with Gasteiger partial charge in [0.2, 0.25) is 5.79 Å². The molecule has 0 radical (unpaired) electrons. The second-order valence-electron chi connectivity index (χ2n) is 5.64. The minimum absolute atomic E-state index is 1.21. The molecule has 25 heavy (non-hydrogen) atoms. The Bertz CT molecular complexity index is 525. The largest absolute Gasteiger partial charge is 0.479 e. The van der Waals surface area contributed by atoms with Gasteiger partial charge in [-0.2, -0.15) is 0 Å². The van der Waals surface area contributed by atoms with E-state index in [0.717, 1.165) is 0 Å². The summed E-state index contributed by atoms with van der Waals surface area (Å²) < 4.78 is 14.6. The average molecular weight is 370 g/mol. The summed E-state index contributed by atoms with van der Waals surface area (Å²) in [6.07, 6.45) is -16.3. The summed E-state index contributed by atoms with van der Waals surface area (Å²) in [5, 5.41) is 76.0. The maximum atomic E-state index is 11.0. The topological polar surface area (TPSA) is 224 Å². The second-order valence-corrected chi connectivity index (χ2v) is 5.64. The van der Waals surface area contributed by atoms with Crippen LogP contribution in [-0.2, 0) is 23.8 Å². The van der Waals surface area contributed by atoms with E-state index in [2.05, 4.69) is 0 Å². The first-order valence-electron chi connectivity index (χ1n) is 7.03. The van der Waals surface area contributed by atoms with Crippen LogP contribution in [0.1, 0.15) is 0 Å². The Morgan fingerprint density at radius 1 is 0.880 bits per heavy atom.